The van der Waals surface area contributed by atoms with Gasteiger partial charge in [-0.15, -0.1) is 0 Å². The summed E-state index contributed by atoms with van der Waals surface area (Å²) in [6.45, 7) is 2.19. The summed E-state index contributed by atoms with van der Waals surface area (Å²) >= 11 is 4.28. The molecular formula is C3H5FOS2. The summed E-state index contributed by atoms with van der Waals surface area (Å²) in [6, 6.07) is 0. The van der Waals surface area contributed by atoms with Crippen LogP contribution in [0.15, 0.2) is 0 Å². The Balaban J connectivity index is 3.00. The van der Waals surface area contributed by atoms with Crippen LogP contribution in [0.5, 0.6) is 0 Å². The molecule has 0 spiro atoms. The number of ether oxygens (including phenoxy) is 1. The first-order valence-electron chi connectivity index (χ1n) is 1.76. The van der Waals surface area contributed by atoms with E-state index < -0.39 is 0 Å². The summed E-state index contributed by atoms with van der Waals surface area (Å²) < 4.78 is 15.7. The van der Waals surface area contributed by atoms with E-state index in [0.717, 1.165) is 0 Å². The van der Waals surface area contributed by atoms with E-state index in [9.17, 15) is 3.89 Å². The first-order chi connectivity index (χ1) is 3.31. The van der Waals surface area contributed by atoms with E-state index in [4.69, 9.17) is 0 Å². The van der Waals surface area contributed by atoms with Crippen molar-refractivity contribution in [2.45, 2.75) is 6.92 Å². The minimum atomic E-state index is -0.0414. The lowest BCUT2D eigenvalue weighted by molar-refractivity contribution is 0.345. The maximum absolute atomic E-state index is 11.2. The van der Waals surface area contributed by atoms with Crippen LogP contribution in [0.3, 0.4) is 0 Å². The van der Waals surface area contributed by atoms with Crippen molar-refractivity contribution in [3.05, 3.63) is 0 Å². The second-order valence-electron chi connectivity index (χ2n) is 0.760. The predicted molar refractivity (Wildman–Crippen MR) is 32.9 cm³/mol. The van der Waals surface area contributed by atoms with Gasteiger partial charge in [0.2, 0.25) is 0 Å². The Morgan fingerprint density at radius 1 is 2.00 bits per heavy atom. The van der Waals surface area contributed by atoms with Crippen LogP contribution in [0, 0.1) is 0 Å². The molecule has 0 aromatic rings. The first kappa shape index (κ1) is 7.17. The molecule has 0 heterocycles. The fraction of sp³-hybridized carbons (Fsp3) is 0.667. The molecule has 4 heteroatoms. The van der Waals surface area contributed by atoms with Gasteiger partial charge in [0, 0.05) is 0 Å². The van der Waals surface area contributed by atoms with E-state index in [-0.39, 0.29) is 16.5 Å². The van der Waals surface area contributed by atoms with Crippen LogP contribution in [0.1, 0.15) is 6.92 Å². The standard InChI is InChI=1S/C3H5FOS2/c1-2-5-3(6)7-4/h2H2,1H3. The lowest BCUT2D eigenvalue weighted by Gasteiger charge is -1.94. The van der Waals surface area contributed by atoms with Gasteiger partial charge in [0.05, 0.1) is 6.61 Å². The zero-order valence-electron chi connectivity index (χ0n) is 3.81. The van der Waals surface area contributed by atoms with Gasteiger partial charge in [0.25, 0.3) is 4.38 Å². The third-order valence-electron chi connectivity index (χ3n) is 0.325. The average molecular weight is 140 g/mol. The number of thiocarbonyl (C=S) groups is 1. The number of hydrogen-bond donors (Lipinski definition) is 0. The van der Waals surface area contributed by atoms with Gasteiger partial charge in [0.1, 0.15) is 12.1 Å². The lowest BCUT2D eigenvalue weighted by Crippen LogP contribution is -1.91. The summed E-state index contributed by atoms with van der Waals surface area (Å²) in [7, 11) is 0. The third kappa shape index (κ3) is 4.01. The Morgan fingerprint density at radius 2 is 2.57 bits per heavy atom. The summed E-state index contributed by atoms with van der Waals surface area (Å²) in [5.41, 5.74) is 0. The average Bonchev–Trinajstić information content (AvgIpc) is 1.68. The molecule has 0 aliphatic carbocycles. The normalized spacial score (nSPS) is 8.29. The van der Waals surface area contributed by atoms with Crippen molar-refractivity contribution in [1.82, 2.24) is 0 Å². The minimum Gasteiger partial charge on any atom is -0.477 e. The Hall–Kier alpha value is 0.170. The van der Waals surface area contributed by atoms with Crippen molar-refractivity contribution in [2.24, 2.45) is 0 Å². The van der Waals surface area contributed by atoms with Crippen LogP contribution in [0.25, 0.3) is 0 Å². The van der Waals surface area contributed by atoms with Crippen molar-refractivity contribution in [3.8, 4) is 0 Å². The van der Waals surface area contributed by atoms with Gasteiger partial charge in [-0.05, 0) is 19.1 Å². The van der Waals surface area contributed by atoms with E-state index in [1.807, 2.05) is 0 Å². The number of halogens is 1. The maximum Gasteiger partial charge on any atom is 0.252 e. The highest BCUT2D eigenvalue weighted by Crippen LogP contribution is 2.04. The second-order valence-corrected chi connectivity index (χ2v) is 1.91. The Bertz CT molecular complexity index is 66.0. The van der Waals surface area contributed by atoms with Gasteiger partial charge in [0.15, 0.2) is 0 Å². The van der Waals surface area contributed by atoms with E-state index in [2.05, 4.69) is 17.0 Å². The zero-order valence-corrected chi connectivity index (χ0v) is 5.44. The molecule has 0 saturated heterocycles. The van der Waals surface area contributed by atoms with Crippen molar-refractivity contribution >= 4 is 28.7 Å². The summed E-state index contributed by atoms with van der Waals surface area (Å²) in [5.74, 6) is 0. The molecule has 0 radical (unpaired) electrons. The van der Waals surface area contributed by atoms with Gasteiger partial charge in [-0.25, -0.2) is 0 Å². The van der Waals surface area contributed by atoms with Gasteiger partial charge < -0.3 is 4.74 Å². The van der Waals surface area contributed by atoms with Crippen LogP contribution < -0.4 is 0 Å². The summed E-state index contributed by atoms with van der Waals surface area (Å²) in [6.07, 6.45) is 0. The highest BCUT2D eigenvalue weighted by atomic mass is 32.2. The molecule has 0 rings (SSSR count). The number of hydrogen-bond acceptors (Lipinski definition) is 3. The minimum absolute atomic E-state index is 0.0394. The molecule has 0 saturated carbocycles. The van der Waals surface area contributed by atoms with E-state index in [1.165, 1.54) is 0 Å². The van der Waals surface area contributed by atoms with Crippen molar-refractivity contribution in [2.75, 3.05) is 6.61 Å². The summed E-state index contributed by atoms with van der Waals surface area (Å²) in [4.78, 5) is 0. The third-order valence-corrected chi connectivity index (χ3v) is 0.876. The van der Waals surface area contributed by atoms with Gasteiger partial charge in [-0.3, -0.25) is 0 Å². The number of rotatable bonds is 1. The summed E-state index contributed by atoms with van der Waals surface area (Å²) in [5, 5.41) is 0. The molecule has 0 amide bonds. The van der Waals surface area contributed by atoms with E-state index >= 15 is 0 Å². The molecule has 0 atom stereocenters. The molecule has 0 unspecified atom stereocenters. The van der Waals surface area contributed by atoms with E-state index in [0.29, 0.717) is 6.61 Å². The van der Waals surface area contributed by atoms with Crippen LogP contribution >= 0.6 is 24.4 Å². The monoisotopic (exact) mass is 140 g/mol. The molecule has 0 bridgehead atoms. The first-order valence-corrected chi connectivity index (χ1v) is 2.89. The van der Waals surface area contributed by atoms with Gasteiger partial charge in [-0.2, -0.15) is 3.89 Å². The Morgan fingerprint density at radius 3 is 2.71 bits per heavy atom. The molecule has 7 heavy (non-hydrogen) atoms. The SMILES string of the molecule is CCOC(=S)SF. The van der Waals surface area contributed by atoms with Crippen molar-refractivity contribution in [3.63, 3.8) is 0 Å². The molecule has 42 valence electrons. The maximum atomic E-state index is 11.2. The van der Waals surface area contributed by atoms with Crippen molar-refractivity contribution < 1.29 is 8.62 Å². The quantitative estimate of drug-likeness (QED) is 0.515. The Kier molecular flexibility index (Phi) is 4.44. The Labute approximate surface area is 51.5 Å². The molecule has 0 aliphatic rings. The smallest absolute Gasteiger partial charge is 0.252 e. The van der Waals surface area contributed by atoms with Crippen LogP contribution in [0.2, 0.25) is 0 Å². The molecule has 0 aromatic heterocycles. The molecule has 0 aromatic carbocycles. The van der Waals surface area contributed by atoms with Gasteiger partial charge >= 0.3 is 0 Å². The largest absolute Gasteiger partial charge is 0.477 e. The highest BCUT2D eigenvalue weighted by Gasteiger charge is 1.91. The molecule has 0 fully saturated rings. The van der Waals surface area contributed by atoms with E-state index in [1.54, 1.807) is 6.92 Å². The van der Waals surface area contributed by atoms with Crippen LogP contribution in [-0.2, 0) is 4.74 Å². The topological polar surface area (TPSA) is 9.23 Å². The van der Waals surface area contributed by atoms with Crippen LogP contribution in [-0.4, -0.2) is 11.0 Å². The van der Waals surface area contributed by atoms with Crippen molar-refractivity contribution in [1.29, 1.82) is 0 Å². The lowest BCUT2D eigenvalue weighted by atomic mass is 10.9. The fourth-order valence-corrected chi connectivity index (χ4v) is 0.420. The fourth-order valence-electron chi connectivity index (χ4n) is 0.140. The zero-order chi connectivity index (χ0) is 5.70. The molecule has 0 N–H and O–H groups in total. The molecule has 1 nitrogen and oxygen atoms in total. The van der Waals surface area contributed by atoms with Gasteiger partial charge in [-0.1, -0.05) is 0 Å². The van der Waals surface area contributed by atoms with Crippen LogP contribution in [0.4, 0.5) is 3.89 Å². The molecule has 0 aliphatic heterocycles. The second kappa shape index (κ2) is 4.33. The predicted octanol–water partition coefficient (Wildman–Crippen LogP) is 1.93. The molecular weight excluding hydrogens is 135 g/mol. The highest BCUT2D eigenvalue weighted by molar-refractivity contribution is 8.19.